The van der Waals surface area contributed by atoms with E-state index in [4.69, 9.17) is 4.74 Å². The quantitative estimate of drug-likeness (QED) is 0.840. The van der Waals surface area contributed by atoms with E-state index in [1.54, 1.807) is 27.8 Å². The van der Waals surface area contributed by atoms with Crippen molar-refractivity contribution in [2.45, 2.75) is 59.1 Å². The summed E-state index contributed by atoms with van der Waals surface area (Å²) in [5.74, 6) is 0.645. The van der Waals surface area contributed by atoms with Gasteiger partial charge in [0.05, 0.1) is 0 Å². The van der Waals surface area contributed by atoms with Crippen LogP contribution in [0.4, 0.5) is 4.79 Å². The number of carbonyl (C=O) groups excluding carboxylic acids is 2. The lowest BCUT2D eigenvalue weighted by Crippen LogP contribution is -2.47. The van der Waals surface area contributed by atoms with Crippen molar-refractivity contribution in [1.82, 2.24) is 15.1 Å². The SMILES string of the molecule is CC1CCN([C@@H](C)CNC(=O)CN(C)C(=O)OC(C)(C)C)CC1. The standard InChI is InChI=1S/C17H33N3O3/c1-13-7-9-20(10-8-13)14(2)11-18-15(21)12-19(6)16(22)23-17(3,4)5/h13-14H,7-12H2,1-6H3,(H,18,21)/t14-/m0/s1. The molecule has 0 aromatic rings. The van der Waals surface area contributed by atoms with Crippen molar-refractivity contribution in [3.63, 3.8) is 0 Å². The van der Waals surface area contributed by atoms with Gasteiger partial charge in [0.2, 0.25) is 5.91 Å². The minimum absolute atomic E-state index is 0.0126. The molecule has 0 saturated carbocycles. The number of rotatable bonds is 5. The van der Waals surface area contributed by atoms with Gasteiger partial charge >= 0.3 is 6.09 Å². The lowest BCUT2D eigenvalue weighted by Gasteiger charge is -2.35. The maximum atomic E-state index is 12.0. The fourth-order valence-electron chi connectivity index (χ4n) is 2.54. The molecule has 134 valence electrons. The van der Waals surface area contributed by atoms with Gasteiger partial charge in [0.15, 0.2) is 0 Å². The zero-order valence-electron chi connectivity index (χ0n) is 15.5. The number of nitrogens with one attached hydrogen (secondary N) is 1. The van der Waals surface area contributed by atoms with Crippen molar-refractivity contribution in [3.8, 4) is 0 Å². The first-order valence-electron chi connectivity index (χ1n) is 8.53. The molecule has 0 aliphatic carbocycles. The molecular formula is C17H33N3O3. The zero-order valence-corrected chi connectivity index (χ0v) is 15.5. The molecule has 1 N–H and O–H groups in total. The van der Waals surface area contributed by atoms with Gasteiger partial charge in [0.1, 0.15) is 12.1 Å². The van der Waals surface area contributed by atoms with Gasteiger partial charge in [-0.25, -0.2) is 4.79 Å². The van der Waals surface area contributed by atoms with Gasteiger partial charge < -0.3 is 15.0 Å². The first-order valence-corrected chi connectivity index (χ1v) is 8.53. The maximum Gasteiger partial charge on any atom is 0.410 e. The van der Waals surface area contributed by atoms with Crippen LogP contribution in [-0.4, -0.2) is 66.7 Å². The lowest BCUT2D eigenvalue weighted by molar-refractivity contribution is -0.122. The third-order valence-electron chi connectivity index (χ3n) is 4.12. The number of amides is 2. The monoisotopic (exact) mass is 327 g/mol. The summed E-state index contributed by atoms with van der Waals surface area (Å²) in [4.78, 5) is 27.5. The van der Waals surface area contributed by atoms with Crippen LogP contribution < -0.4 is 5.32 Å². The van der Waals surface area contributed by atoms with Gasteiger partial charge in [0, 0.05) is 19.6 Å². The molecule has 23 heavy (non-hydrogen) atoms. The molecule has 1 aliphatic heterocycles. The number of piperidine rings is 1. The number of hydrogen-bond acceptors (Lipinski definition) is 4. The molecule has 6 nitrogen and oxygen atoms in total. The second kappa shape index (κ2) is 8.52. The fraction of sp³-hybridized carbons (Fsp3) is 0.882. The van der Waals surface area contributed by atoms with Crippen LogP contribution in [0.2, 0.25) is 0 Å². The van der Waals surface area contributed by atoms with E-state index in [1.807, 2.05) is 0 Å². The third kappa shape index (κ3) is 7.68. The van der Waals surface area contributed by atoms with Crippen molar-refractivity contribution >= 4 is 12.0 Å². The highest BCUT2D eigenvalue weighted by atomic mass is 16.6. The molecule has 1 rings (SSSR count). The van der Waals surface area contributed by atoms with E-state index in [2.05, 4.69) is 24.1 Å². The Morgan fingerprint density at radius 3 is 2.39 bits per heavy atom. The number of hydrogen-bond donors (Lipinski definition) is 1. The van der Waals surface area contributed by atoms with Gasteiger partial charge in [-0.3, -0.25) is 9.69 Å². The Kier molecular flexibility index (Phi) is 7.32. The van der Waals surface area contributed by atoms with Crippen LogP contribution in [0.5, 0.6) is 0 Å². The first kappa shape index (κ1) is 19.7. The molecule has 0 unspecified atom stereocenters. The minimum Gasteiger partial charge on any atom is -0.444 e. The Bertz CT molecular complexity index is 398. The molecule has 0 spiro atoms. The predicted octanol–water partition coefficient (Wildman–Crippen LogP) is 2.09. The molecule has 0 aromatic heterocycles. The van der Waals surface area contributed by atoms with Crippen molar-refractivity contribution in [1.29, 1.82) is 0 Å². The minimum atomic E-state index is -0.554. The third-order valence-corrected chi connectivity index (χ3v) is 4.12. The Hall–Kier alpha value is -1.30. The number of likely N-dealkylation sites (tertiary alicyclic amines) is 1. The molecule has 1 aliphatic rings. The maximum absolute atomic E-state index is 12.0. The lowest BCUT2D eigenvalue weighted by atomic mass is 9.98. The summed E-state index contributed by atoms with van der Waals surface area (Å²) in [5.41, 5.74) is -0.554. The fourth-order valence-corrected chi connectivity index (χ4v) is 2.54. The van der Waals surface area contributed by atoms with Crippen LogP contribution in [0.25, 0.3) is 0 Å². The molecule has 1 fully saturated rings. The van der Waals surface area contributed by atoms with E-state index in [0.717, 1.165) is 19.0 Å². The average molecular weight is 327 g/mol. The molecule has 1 saturated heterocycles. The molecule has 0 aromatic carbocycles. The normalized spacial score (nSPS) is 18.3. The molecule has 1 atom stereocenters. The summed E-state index contributed by atoms with van der Waals surface area (Å²) in [5, 5.41) is 2.91. The van der Waals surface area contributed by atoms with Gasteiger partial charge in [0.25, 0.3) is 0 Å². The van der Waals surface area contributed by atoms with Crippen LogP contribution in [0.3, 0.4) is 0 Å². The molecule has 6 heteroatoms. The van der Waals surface area contributed by atoms with Crippen LogP contribution >= 0.6 is 0 Å². The Morgan fingerprint density at radius 2 is 1.87 bits per heavy atom. The topological polar surface area (TPSA) is 61.9 Å². The van der Waals surface area contributed by atoms with Crippen molar-refractivity contribution in [2.24, 2.45) is 5.92 Å². The largest absolute Gasteiger partial charge is 0.444 e. The van der Waals surface area contributed by atoms with Gasteiger partial charge in [-0.05, 0) is 59.5 Å². The van der Waals surface area contributed by atoms with Gasteiger partial charge in [-0.1, -0.05) is 6.92 Å². The summed E-state index contributed by atoms with van der Waals surface area (Å²) in [7, 11) is 1.57. The van der Waals surface area contributed by atoms with Gasteiger partial charge in [-0.15, -0.1) is 0 Å². The van der Waals surface area contributed by atoms with Crippen LogP contribution in [-0.2, 0) is 9.53 Å². The molecular weight excluding hydrogens is 294 g/mol. The summed E-state index contributed by atoms with van der Waals surface area (Å²) in [6.07, 6.45) is 1.96. The Morgan fingerprint density at radius 1 is 1.30 bits per heavy atom. The Labute approximate surface area is 140 Å². The predicted molar refractivity (Wildman–Crippen MR) is 91.3 cm³/mol. The van der Waals surface area contributed by atoms with E-state index in [-0.39, 0.29) is 12.5 Å². The molecule has 0 bridgehead atoms. The number of likely N-dealkylation sites (N-methyl/N-ethyl adjacent to an activating group) is 1. The molecule has 1 heterocycles. The smallest absolute Gasteiger partial charge is 0.410 e. The highest BCUT2D eigenvalue weighted by Gasteiger charge is 2.23. The molecule has 0 radical (unpaired) electrons. The van der Waals surface area contributed by atoms with Crippen molar-refractivity contribution in [2.75, 3.05) is 33.2 Å². The summed E-state index contributed by atoms with van der Waals surface area (Å²) in [6.45, 7) is 12.6. The highest BCUT2D eigenvalue weighted by molar-refractivity contribution is 5.82. The highest BCUT2D eigenvalue weighted by Crippen LogP contribution is 2.17. The number of ether oxygens (including phenoxy) is 1. The number of carbonyl (C=O) groups is 2. The molecule has 2 amide bonds. The summed E-state index contributed by atoms with van der Waals surface area (Å²) >= 11 is 0. The summed E-state index contributed by atoms with van der Waals surface area (Å²) < 4.78 is 5.23. The van der Waals surface area contributed by atoms with Crippen molar-refractivity contribution in [3.05, 3.63) is 0 Å². The van der Waals surface area contributed by atoms with Gasteiger partial charge in [-0.2, -0.15) is 0 Å². The van der Waals surface area contributed by atoms with E-state index >= 15 is 0 Å². The van der Waals surface area contributed by atoms with Crippen LogP contribution in [0.1, 0.15) is 47.5 Å². The van der Waals surface area contributed by atoms with E-state index in [0.29, 0.717) is 12.6 Å². The van der Waals surface area contributed by atoms with E-state index in [1.165, 1.54) is 17.7 Å². The average Bonchev–Trinajstić information content (AvgIpc) is 2.43. The first-order chi connectivity index (χ1) is 10.6. The van der Waals surface area contributed by atoms with Crippen LogP contribution in [0, 0.1) is 5.92 Å². The second-order valence-electron chi connectivity index (χ2n) is 7.71. The van der Waals surface area contributed by atoms with E-state index in [9.17, 15) is 9.59 Å². The van der Waals surface area contributed by atoms with E-state index < -0.39 is 11.7 Å². The Balaban J connectivity index is 2.29. The zero-order chi connectivity index (χ0) is 17.6. The summed E-state index contributed by atoms with van der Waals surface area (Å²) in [6, 6.07) is 0.318. The van der Waals surface area contributed by atoms with Crippen molar-refractivity contribution < 1.29 is 14.3 Å². The van der Waals surface area contributed by atoms with Crippen LogP contribution in [0.15, 0.2) is 0 Å². The second-order valence-corrected chi connectivity index (χ2v) is 7.71. The number of nitrogens with zero attached hydrogens (tertiary/aromatic N) is 2.